The van der Waals surface area contributed by atoms with E-state index in [1.807, 2.05) is 6.20 Å². The van der Waals surface area contributed by atoms with E-state index >= 15 is 0 Å². The highest BCUT2D eigenvalue weighted by Crippen LogP contribution is 2.32. The molecule has 16 heavy (non-hydrogen) atoms. The summed E-state index contributed by atoms with van der Waals surface area (Å²) in [6.45, 7) is 1.09. The summed E-state index contributed by atoms with van der Waals surface area (Å²) in [7, 11) is 0. The van der Waals surface area contributed by atoms with Gasteiger partial charge >= 0.3 is 6.09 Å². The minimum Gasteiger partial charge on any atom is -0.465 e. The van der Waals surface area contributed by atoms with Crippen LogP contribution in [-0.2, 0) is 13.0 Å². The van der Waals surface area contributed by atoms with Crippen LogP contribution in [0.15, 0.2) is 6.20 Å². The minimum absolute atomic E-state index is 0.430. The number of nitrogens with one attached hydrogen (secondary N) is 1. The number of carbonyl (C=O) groups is 1. The fourth-order valence-corrected chi connectivity index (χ4v) is 2.25. The molecule has 1 amide bonds. The number of rotatable bonds is 5. The average Bonchev–Trinajstić information content (AvgIpc) is 2.92. The molecule has 0 spiro atoms. The van der Waals surface area contributed by atoms with Gasteiger partial charge in [0.05, 0.1) is 0 Å². The van der Waals surface area contributed by atoms with Gasteiger partial charge in [0.2, 0.25) is 0 Å². The van der Waals surface area contributed by atoms with Gasteiger partial charge in [0.25, 0.3) is 0 Å². The summed E-state index contributed by atoms with van der Waals surface area (Å²) in [5.41, 5.74) is 0. The Bertz CT molecular complexity index is 387. The molecule has 1 fully saturated rings. The lowest BCUT2D eigenvalue weighted by Crippen LogP contribution is -2.25. The van der Waals surface area contributed by atoms with Crippen molar-refractivity contribution in [3.05, 3.63) is 15.7 Å². The molecule has 1 saturated carbocycles. The van der Waals surface area contributed by atoms with Gasteiger partial charge in [0.15, 0.2) is 0 Å². The van der Waals surface area contributed by atoms with Crippen LogP contribution in [0.1, 0.15) is 18.7 Å². The van der Waals surface area contributed by atoms with Crippen molar-refractivity contribution in [2.45, 2.75) is 25.8 Å². The fourth-order valence-electron chi connectivity index (χ4n) is 1.64. The van der Waals surface area contributed by atoms with Crippen LogP contribution in [0.5, 0.6) is 0 Å². The minimum atomic E-state index is -0.974. The predicted molar refractivity (Wildman–Crippen MR) is 67.4 cm³/mol. The van der Waals surface area contributed by atoms with Crippen molar-refractivity contribution in [1.82, 2.24) is 14.9 Å². The van der Waals surface area contributed by atoms with Crippen molar-refractivity contribution < 1.29 is 9.90 Å². The van der Waals surface area contributed by atoms with Crippen LogP contribution in [0.4, 0.5) is 4.79 Å². The van der Waals surface area contributed by atoms with Crippen molar-refractivity contribution in [2.24, 2.45) is 5.92 Å². The quantitative estimate of drug-likeness (QED) is 0.805. The second-order valence-electron chi connectivity index (χ2n) is 4.05. The highest BCUT2D eigenvalue weighted by Gasteiger charge is 2.23. The maximum Gasteiger partial charge on any atom is 0.404 e. The topological polar surface area (TPSA) is 67.2 Å². The maximum atomic E-state index is 10.3. The smallest absolute Gasteiger partial charge is 0.404 e. The number of amides is 1. The third-order valence-electron chi connectivity index (χ3n) is 2.63. The zero-order chi connectivity index (χ0) is 11.5. The van der Waals surface area contributed by atoms with Gasteiger partial charge in [-0.2, -0.15) is 0 Å². The number of imidazole rings is 1. The van der Waals surface area contributed by atoms with Gasteiger partial charge in [-0.25, -0.2) is 9.78 Å². The molecular formula is C10H14IN3O2. The zero-order valence-corrected chi connectivity index (χ0v) is 11.0. The first kappa shape index (κ1) is 11.7. The van der Waals surface area contributed by atoms with Crippen LogP contribution in [-0.4, -0.2) is 27.3 Å². The molecule has 2 N–H and O–H groups in total. The van der Waals surface area contributed by atoms with E-state index in [1.54, 1.807) is 0 Å². The van der Waals surface area contributed by atoms with Gasteiger partial charge in [-0.3, -0.25) is 0 Å². The van der Waals surface area contributed by atoms with Gasteiger partial charge in [-0.05, 0) is 41.4 Å². The molecule has 2 rings (SSSR count). The zero-order valence-electron chi connectivity index (χ0n) is 8.82. The Balaban J connectivity index is 1.92. The monoisotopic (exact) mass is 335 g/mol. The predicted octanol–water partition coefficient (Wildman–Crippen LogP) is 1.71. The average molecular weight is 335 g/mol. The summed E-state index contributed by atoms with van der Waals surface area (Å²) in [5, 5.41) is 10.8. The lowest BCUT2D eigenvalue weighted by molar-refractivity contribution is 0.194. The summed E-state index contributed by atoms with van der Waals surface area (Å²) in [5.74, 6) is 1.88. The summed E-state index contributed by atoms with van der Waals surface area (Å²) in [4.78, 5) is 14.8. The SMILES string of the molecule is O=C(O)NCCn1cc(I)nc1CC1CC1. The molecule has 88 valence electrons. The number of hydrogen-bond donors (Lipinski definition) is 2. The van der Waals surface area contributed by atoms with Crippen molar-refractivity contribution in [2.75, 3.05) is 6.54 Å². The third-order valence-corrected chi connectivity index (χ3v) is 3.15. The van der Waals surface area contributed by atoms with E-state index in [9.17, 15) is 4.79 Å². The van der Waals surface area contributed by atoms with Gasteiger partial charge in [0, 0.05) is 25.7 Å². The number of nitrogens with zero attached hydrogens (tertiary/aromatic N) is 2. The van der Waals surface area contributed by atoms with Gasteiger partial charge < -0.3 is 15.0 Å². The van der Waals surface area contributed by atoms with Gasteiger partial charge in [-0.15, -0.1) is 0 Å². The molecule has 0 aromatic carbocycles. The van der Waals surface area contributed by atoms with Gasteiger partial charge in [-0.1, -0.05) is 0 Å². The van der Waals surface area contributed by atoms with Crippen molar-refractivity contribution >= 4 is 28.7 Å². The largest absolute Gasteiger partial charge is 0.465 e. The molecule has 6 heteroatoms. The third kappa shape index (κ3) is 3.36. The summed E-state index contributed by atoms with van der Waals surface area (Å²) in [6.07, 6.45) is 4.63. The summed E-state index contributed by atoms with van der Waals surface area (Å²) in [6, 6.07) is 0. The van der Waals surface area contributed by atoms with Crippen LogP contribution in [0.3, 0.4) is 0 Å². The molecule has 1 aromatic rings. The molecule has 5 nitrogen and oxygen atoms in total. The molecule has 0 saturated heterocycles. The van der Waals surface area contributed by atoms with E-state index in [0.29, 0.717) is 13.1 Å². The standard InChI is InChI=1S/C10H14IN3O2/c11-8-6-14(4-3-12-10(15)16)9(13-8)5-7-1-2-7/h6-7,12H,1-5H2,(H,15,16). The van der Waals surface area contributed by atoms with E-state index in [0.717, 1.165) is 21.9 Å². The second-order valence-corrected chi connectivity index (χ2v) is 5.16. The molecular weight excluding hydrogens is 321 g/mol. The lowest BCUT2D eigenvalue weighted by atomic mass is 10.3. The molecule has 1 aromatic heterocycles. The van der Waals surface area contributed by atoms with Crippen LogP contribution < -0.4 is 5.32 Å². The molecule has 1 aliphatic rings. The maximum absolute atomic E-state index is 10.3. The molecule has 1 aliphatic carbocycles. The molecule has 0 aliphatic heterocycles. The van der Waals surface area contributed by atoms with E-state index < -0.39 is 6.09 Å². The molecule has 1 heterocycles. The molecule has 0 atom stereocenters. The van der Waals surface area contributed by atoms with Crippen LogP contribution in [0.2, 0.25) is 0 Å². The Morgan fingerprint density at radius 2 is 2.44 bits per heavy atom. The molecule has 0 bridgehead atoms. The number of hydrogen-bond acceptors (Lipinski definition) is 2. The Hall–Kier alpha value is -0.790. The van der Waals surface area contributed by atoms with E-state index in [2.05, 4.69) is 37.5 Å². The summed E-state index contributed by atoms with van der Waals surface area (Å²) < 4.78 is 3.03. The first-order valence-electron chi connectivity index (χ1n) is 5.33. The fraction of sp³-hybridized carbons (Fsp3) is 0.600. The first-order chi connectivity index (χ1) is 7.65. The molecule has 0 radical (unpaired) electrons. The Labute approximate surface area is 107 Å². The summed E-state index contributed by atoms with van der Waals surface area (Å²) >= 11 is 2.19. The van der Waals surface area contributed by atoms with Crippen molar-refractivity contribution in [1.29, 1.82) is 0 Å². The number of carboxylic acid groups (broad SMARTS) is 1. The van der Waals surface area contributed by atoms with E-state index in [1.165, 1.54) is 12.8 Å². The Kier molecular flexibility index (Phi) is 3.67. The number of aromatic nitrogens is 2. The Morgan fingerprint density at radius 3 is 3.06 bits per heavy atom. The van der Waals surface area contributed by atoms with Crippen molar-refractivity contribution in [3.63, 3.8) is 0 Å². The van der Waals surface area contributed by atoms with E-state index in [-0.39, 0.29) is 0 Å². The highest BCUT2D eigenvalue weighted by molar-refractivity contribution is 14.1. The van der Waals surface area contributed by atoms with Crippen LogP contribution >= 0.6 is 22.6 Å². The molecule has 0 unspecified atom stereocenters. The van der Waals surface area contributed by atoms with Crippen molar-refractivity contribution in [3.8, 4) is 0 Å². The van der Waals surface area contributed by atoms with Crippen LogP contribution in [0, 0.1) is 9.62 Å². The van der Waals surface area contributed by atoms with Crippen LogP contribution in [0.25, 0.3) is 0 Å². The van der Waals surface area contributed by atoms with E-state index in [4.69, 9.17) is 5.11 Å². The second kappa shape index (κ2) is 5.03. The normalized spacial score (nSPS) is 15.1. The first-order valence-corrected chi connectivity index (χ1v) is 6.41. The number of halogens is 1. The lowest BCUT2D eigenvalue weighted by Gasteiger charge is -2.06. The Morgan fingerprint density at radius 1 is 1.69 bits per heavy atom. The highest BCUT2D eigenvalue weighted by atomic mass is 127. The van der Waals surface area contributed by atoms with Gasteiger partial charge in [0.1, 0.15) is 9.53 Å².